The fourth-order valence-electron chi connectivity index (χ4n) is 6.17. The van der Waals surface area contributed by atoms with E-state index < -0.39 is 179 Å². The second kappa shape index (κ2) is 28.9. The van der Waals surface area contributed by atoms with Crippen LogP contribution in [0, 0.1) is 51.8 Å². The molecular weight excluding hydrogens is 984 g/mol. The maximum atomic E-state index is 11.4. The molecular formula is C42H54O30. The zero-order valence-corrected chi connectivity index (χ0v) is 39.0. The summed E-state index contributed by atoms with van der Waals surface area (Å²) < 4.78 is 12.8. The van der Waals surface area contributed by atoms with E-state index in [0.29, 0.717) is 0 Å². The predicted octanol–water partition coefficient (Wildman–Crippen LogP) is -0.178. The molecule has 30 nitrogen and oxygen atoms in total. The highest BCUT2D eigenvalue weighted by atomic mass is 16.6. The largest absolute Gasteiger partial charge is 0.481 e. The molecule has 0 saturated carbocycles. The lowest BCUT2D eigenvalue weighted by atomic mass is 9.74. The van der Waals surface area contributed by atoms with Crippen molar-refractivity contribution in [2.45, 2.75) is 86.5 Å². The van der Waals surface area contributed by atoms with Gasteiger partial charge in [-0.1, -0.05) is 27.4 Å². The van der Waals surface area contributed by atoms with Gasteiger partial charge in [0.1, 0.15) is 0 Å². The highest BCUT2D eigenvalue weighted by Crippen LogP contribution is 2.39. The molecule has 3 rings (SSSR count). The van der Waals surface area contributed by atoms with Gasteiger partial charge in [-0.2, -0.15) is 0 Å². The molecule has 9 atom stereocenters. The first-order valence-electron chi connectivity index (χ1n) is 20.1. The molecule has 0 aromatic carbocycles. The molecule has 0 aliphatic carbocycles. The smallest absolute Gasteiger partial charge is 0.338 e. The zero-order valence-electron chi connectivity index (χ0n) is 39.0. The number of aliphatic carboxylic acids is 10. The first-order chi connectivity index (χ1) is 32.2. The van der Waals surface area contributed by atoms with Crippen LogP contribution in [0.1, 0.15) is 86.5 Å². The summed E-state index contributed by atoms with van der Waals surface area (Å²) in [5, 5.41) is 87.1. The number of ether oxygens (including phenoxy) is 3. The summed E-state index contributed by atoms with van der Waals surface area (Å²) in [4.78, 5) is 172. The van der Waals surface area contributed by atoms with E-state index in [4.69, 9.17) is 51.1 Å². The van der Waals surface area contributed by atoms with Crippen LogP contribution in [0.25, 0.3) is 0 Å². The number of carbonyl (C=O) groups is 16. The second-order valence-electron chi connectivity index (χ2n) is 16.8. The fraction of sp³-hybridized carbons (Fsp3) is 0.524. The zero-order chi connectivity index (χ0) is 56.3. The van der Waals surface area contributed by atoms with Gasteiger partial charge in [0.15, 0.2) is 0 Å². The average molecular weight is 1040 g/mol. The highest BCUT2D eigenvalue weighted by molar-refractivity contribution is 6.05. The summed E-state index contributed by atoms with van der Waals surface area (Å²) in [5.41, 5.74) is -5.34. The van der Waals surface area contributed by atoms with Gasteiger partial charge in [0, 0.05) is 17.7 Å². The van der Waals surface area contributed by atoms with Gasteiger partial charge in [0.25, 0.3) is 0 Å². The van der Waals surface area contributed by atoms with Crippen molar-refractivity contribution in [1.82, 2.24) is 0 Å². The van der Waals surface area contributed by atoms with Crippen molar-refractivity contribution in [2.24, 2.45) is 51.8 Å². The van der Waals surface area contributed by atoms with Gasteiger partial charge in [-0.05, 0) is 40.0 Å². The Morgan fingerprint density at radius 3 is 1.03 bits per heavy atom. The molecule has 0 radical (unpaired) electrons. The average Bonchev–Trinajstić information content (AvgIpc) is 3.79. The number of hydrogen-bond acceptors (Lipinski definition) is 19. The molecule has 0 bridgehead atoms. The minimum Gasteiger partial charge on any atom is -0.481 e. The molecule has 72 heavy (non-hydrogen) atoms. The maximum Gasteiger partial charge on any atom is 0.338 e. The van der Waals surface area contributed by atoms with Crippen molar-refractivity contribution in [1.29, 1.82) is 0 Å². The van der Waals surface area contributed by atoms with Crippen LogP contribution in [0.2, 0.25) is 0 Å². The first-order valence-corrected chi connectivity index (χ1v) is 20.1. The minimum absolute atomic E-state index is 0. The molecule has 2 fully saturated rings. The molecule has 3 aliphatic rings. The van der Waals surface area contributed by atoms with Crippen molar-refractivity contribution in [2.75, 3.05) is 0 Å². The quantitative estimate of drug-likeness (QED) is 0.0308. The van der Waals surface area contributed by atoms with Crippen LogP contribution >= 0.6 is 0 Å². The number of cyclic esters (lactones) is 6. The Kier molecular flexibility index (Phi) is 27.2. The van der Waals surface area contributed by atoms with Crippen LogP contribution in [0.5, 0.6) is 0 Å². The summed E-state index contributed by atoms with van der Waals surface area (Å²) in [6, 6.07) is 0. The third kappa shape index (κ3) is 22.3. The topological polar surface area (TPSA) is 535 Å². The third-order valence-corrected chi connectivity index (χ3v) is 10.7. The van der Waals surface area contributed by atoms with E-state index in [2.05, 4.69) is 20.8 Å². The van der Waals surface area contributed by atoms with Crippen molar-refractivity contribution in [3.63, 3.8) is 0 Å². The second-order valence-corrected chi connectivity index (χ2v) is 16.8. The Morgan fingerprint density at radius 2 is 0.847 bits per heavy atom. The third-order valence-electron chi connectivity index (χ3n) is 10.7. The van der Waals surface area contributed by atoms with Crippen LogP contribution in [-0.4, -0.2) is 152 Å². The van der Waals surface area contributed by atoms with Gasteiger partial charge in [-0.3, -0.25) is 62.3 Å². The van der Waals surface area contributed by atoms with Crippen molar-refractivity contribution in [3.05, 3.63) is 24.3 Å². The van der Waals surface area contributed by atoms with Crippen molar-refractivity contribution >= 4 is 95.5 Å². The number of carboxylic acid groups (broad SMARTS) is 10. The summed E-state index contributed by atoms with van der Waals surface area (Å²) >= 11 is 0. The van der Waals surface area contributed by atoms with E-state index in [1.165, 1.54) is 27.7 Å². The minimum atomic E-state index is -1.83. The van der Waals surface area contributed by atoms with E-state index in [1.807, 2.05) is 0 Å². The summed E-state index contributed by atoms with van der Waals surface area (Å²) in [5.74, 6) is -23.6. The molecule has 30 heteroatoms. The Bertz CT molecular complexity index is 2130. The molecule has 0 aromatic rings. The number of rotatable bonds is 21. The Hall–Kier alpha value is -8.44. The molecule has 0 aromatic heterocycles. The molecule has 402 valence electrons. The van der Waals surface area contributed by atoms with Gasteiger partial charge < -0.3 is 70.8 Å². The Labute approximate surface area is 405 Å². The summed E-state index contributed by atoms with van der Waals surface area (Å²) in [6.07, 6.45) is -1.39. The van der Waals surface area contributed by atoms with Crippen molar-refractivity contribution in [3.8, 4) is 0 Å². The standard InChI is InChI=1S/C11H16O8.2C11H14O7.C5H6O4.C4H2O3.H2O/c1-5(8(14)15)6(9(16)17)3-11(2,10(18)19)4-7(12)13;2*1-5-6(9(15)18-8(5)14)3-11(2,10(16)17)4-7(12)13;1-3(5(8)9)2-4(6)7;5-3-1-2-4(6)7-3;/h5-6H,3-4H2,1-2H3,(H,12,13)(H,14,15)(H,16,17)(H,18,19);2*5-6H,3-4H2,1-2H3,(H,12,13)(H,16,17);1-2H2,(H,6,7)(H,8,9);1-2H;1H2. The predicted molar refractivity (Wildman–Crippen MR) is 226 cm³/mol. The first kappa shape index (κ1) is 67.8. The summed E-state index contributed by atoms with van der Waals surface area (Å²) in [7, 11) is 0. The number of hydrogen-bond donors (Lipinski definition) is 10. The number of carbonyl (C=O) groups excluding carboxylic acids is 6. The Morgan fingerprint density at radius 1 is 0.528 bits per heavy atom. The molecule has 3 heterocycles. The highest BCUT2D eigenvalue weighted by Gasteiger charge is 2.50. The van der Waals surface area contributed by atoms with Gasteiger partial charge in [-0.25, -0.2) is 14.4 Å². The monoisotopic (exact) mass is 1040 g/mol. The van der Waals surface area contributed by atoms with Crippen LogP contribution in [-0.2, 0) is 90.9 Å². The molecule has 9 unspecified atom stereocenters. The molecule has 2 saturated heterocycles. The van der Waals surface area contributed by atoms with Gasteiger partial charge in [0.2, 0.25) is 0 Å². The normalized spacial score (nSPS) is 20.5. The van der Waals surface area contributed by atoms with E-state index >= 15 is 0 Å². The fourth-order valence-corrected chi connectivity index (χ4v) is 6.17. The SMILES string of the molecule is C=C(CC(=O)O)C(=O)O.CC(C(=O)O)C(CC(C)(CC(=O)O)C(=O)O)C(=O)O.CC1C(=O)OC(=O)C1CC(C)(CC(=O)O)C(=O)O.CC1C(=O)OC(=O)C1CC(C)(CC(=O)O)C(=O)O.O.O=C1C=CC(=O)O1. The number of esters is 6. The molecule has 3 aliphatic heterocycles. The Balaban J connectivity index is -0.000000856. The van der Waals surface area contributed by atoms with Crippen LogP contribution in [0.15, 0.2) is 24.3 Å². The van der Waals surface area contributed by atoms with Crippen LogP contribution < -0.4 is 0 Å². The number of carboxylic acids is 10. The molecule has 0 amide bonds. The van der Waals surface area contributed by atoms with E-state index in [-0.39, 0.29) is 23.9 Å². The lowest BCUT2D eigenvalue weighted by Gasteiger charge is -2.27. The van der Waals surface area contributed by atoms with E-state index in [0.717, 1.165) is 26.0 Å². The maximum absolute atomic E-state index is 11.4. The van der Waals surface area contributed by atoms with Gasteiger partial charge in [-0.15, -0.1) is 0 Å². The van der Waals surface area contributed by atoms with Crippen LogP contribution in [0.3, 0.4) is 0 Å². The van der Waals surface area contributed by atoms with Crippen molar-refractivity contribution < 1.29 is 147 Å². The van der Waals surface area contributed by atoms with E-state index in [9.17, 15) is 76.7 Å². The van der Waals surface area contributed by atoms with Gasteiger partial charge in [0.05, 0.1) is 77.4 Å². The van der Waals surface area contributed by atoms with E-state index in [1.54, 1.807) is 0 Å². The summed E-state index contributed by atoms with van der Waals surface area (Å²) in [6.45, 7) is 10.7. The lowest BCUT2D eigenvalue weighted by Crippen LogP contribution is -2.38. The van der Waals surface area contributed by atoms with Gasteiger partial charge >= 0.3 is 95.5 Å². The molecule has 12 N–H and O–H groups in total. The lowest BCUT2D eigenvalue weighted by molar-refractivity contribution is -0.161. The van der Waals surface area contributed by atoms with Crippen LogP contribution in [0.4, 0.5) is 0 Å². The molecule has 0 spiro atoms.